The Bertz CT molecular complexity index is 475. The van der Waals surface area contributed by atoms with Crippen LogP contribution < -0.4 is 5.73 Å². The minimum atomic E-state index is -3.04. The minimum Gasteiger partial charge on any atom is -0.325 e. The van der Waals surface area contributed by atoms with E-state index in [1.807, 2.05) is 0 Å². The maximum Gasteiger partial charge on any atom is 0.211 e. The smallest absolute Gasteiger partial charge is 0.211 e. The molecule has 0 spiro atoms. The van der Waals surface area contributed by atoms with Crippen molar-refractivity contribution >= 4 is 10.0 Å². The third-order valence-corrected chi connectivity index (χ3v) is 7.12. The predicted octanol–water partition coefficient (Wildman–Crippen LogP) is 2.35. The number of hydrogen-bond donors (Lipinski definition) is 1. The fourth-order valence-electron chi connectivity index (χ4n) is 4.67. The van der Waals surface area contributed by atoms with Crippen LogP contribution in [0.1, 0.15) is 57.8 Å². The molecule has 1 aliphatic heterocycles. The van der Waals surface area contributed by atoms with E-state index in [1.165, 1.54) is 38.4 Å². The molecule has 3 atom stereocenters. The van der Waals surface area contributed by atoms with Crippen molar-refractivity contribution in [3.8, 4) is 0 Å². The van der Waals surface area contributed by atoms with Crippen molar-refractivity contribution in [3.05, 3.63) is 0 Å². The van der Waals surface area contributed by atoms with Crippen LogP contribution in [0, 0.1) is 17.8 Å². The van der Waals surface area contributed by atoms with Crippen molar-refractivity contribution in [2.75, 3.05) is 19.3 Å². The maximum absolute atomic E-state index is 11.7. The molecule has 3 aliphatic rings. The Labute approximate surface area is 129 Å². The second-order valence-corrected chi connectivity index (χ2v) is 9.87. The summed E-state index contributed by atoms with van der Waals surface area (Å²) >= 11 is 0. The fraction of sp³-hybridized carbons (Fsp3) is 1.00. The van der Waals surface area contributed by atoms with Crippen molar-refractivity contribution in [1.82, 2.24) is 4.31 Å². The molecule has 0 aromatic heterocycles. The molecule has 122 valence electrons. The number of piperidine rings is 1. The number of sulfonamides is 1. The molecule has 5 heteroatoms. The van der Waals surface area contributed by atoms with Crippen LogP contribution in [0.3, 0.4) is 0 Å². The highest BCUT2D eigenvalue weighted by molar-refractivity contribution is 7.88. The molecule has 3 fully saturated rings. The second-order valence-electron chi connectivity index (χ2n) is 7.89. The van der Waals surface area contributed by atoms with Gasteiger partial charge in [0.05, 0.1) is 6.26 Å². The lowest BCUT2D eigenvalue weighted by atomic mass is 9.70. The Morgan fingerprint density at radius 3 is 2.57 bits per heavy atom. The van der Waals surface area contributed by atoms with Crippen molar-refractivity contribution < 1.29 is 8.42 Å². The largest absolute Gasteiger partial charge is 0.325 e. The molecule has 0 radical (unpaired) electrons. The van der Waals surface area contributed by atoms with Gasteiger partial charge in [0.25, 0.3) is 0 Å². The summed E-state index contributed by atoms with van der Waals surface area (Å²) < 4.78 is 25.2. The average molecular weight is 314 g/mol. The summed E-state index contributed by atoms with van der Waals surface area (Å²) in [4.78, 5) is 0. The molecule has 0 aromatic carbocycles. The molecule has 1 heterocycles. The first kappa shape index (κ1) is 15.8. The van der Waals surface area contributed by atoms with Crippen LogP contribution in [0.25, 0.3) is 0 Å². The van der Waals surface area contributed by atoms with Gasteiger partial charge in [0.1, 0.15) is 0 Å². The first-order chi connectivity index (χ1) is 9.86. The molecule has 1 saturated heterocycles. The minimum absolute atomic E-state index is 0.0311. The lowest BCUT2D eigenvalue weighted by Crippen LogP contribution is -2.49. The van der Waals surface area contributed by atoms with E-state index in [4.69, 9.17) is 5.73 Å². The van der Waals surface area contributed by atoms with Crippen LogP contribution in [0.4, 0.5) is 0 Å². The van der Waals surface area contributed by atoms with E-state index in [-0.39, 0.29) is 5.54 Å². The molecule has 3 rings (SSSR count). The lowest BCUT2D eigenvalue weighted by Gasteiger charge is -2.42. The molecule has 2 saturated carbocycles. The highest BCUT2D eigenvalue weighted by Gasteiger charge is 2.41. The van der Waals surface area contributed by atoms with Crippen LogP contribution in [0.5, 0.6) is 0 Å². The normalized spacial score (nSPS) is 39.3. The molecular weight excluding hydrogens is 284 g/mol. The van der Waals surface area contributed by atoms with Gasteiger partial charge in [-0.15, -0.1) is 0 Å². The van der Waals surface area contributed by atoms with Crippen molar-refractivity contribution in [2.45, 2.75) is 63.3 Å². The quantitative estimate of drug-likeness (QED) is 0.866. The molecular formula is C16H30N2O2S. The van der Waals surface area contributed by atoms with E-state index in [2.05, 4.69) is 0 Å². The topological polar surface area (TPSA) is 63.4 Å². The third-order valence-electron chi connectivity index (χ3n) is 5.85. The van der Waals surface area contributed by atoms with E-state index >= 15 is 0 Å². The zero-order valence-corrected chi connectivity index (χ0v) is 14.1. The zero-order valence-electron chi connectivity index (χ0n) is 13.3. The van der Waals surface area contributed by atoms with Gasteiger partial charge < -0.3 is 5.73 Å². The van der Waals surface area contributed by atoms with Crippen LogP contribution in [0.15, 0.2) is 0 Å². The van der Waals surface area contributed by atoms with E-state index in [0.717, 1.165) is 37.5 Å². The lowest BCUT2D eigenvalue weighted by molar-refractivity contribution is 0.147. The Morgan fingerprint density at radius 1 is 1.14 bits per heavy atom. The summed E-state index contributed by atoms with van der Waals surface area (Å²) in [6, 6.07) is 0. The zero-order chi connectivity index (χ0) is 15.1. The van der Waals surface area contributed by atoms with E-state index < -0.39 is 10.0 Å². The summed E-state index contributed by atoms with van der Waals surface area (Å²) in [5.41, 5.74) is 6.70. The Kier molecular flexibility index (Phi) is 4.37. The Balaban J connectivity index is 1.59. The van der Waals surface area contributed by atoms with Gasteiger partial charge in [-0.05, 0) is 62.7 Å². The highest BCUT2D eigenvalue weighted by Crippen LogP contribution is 2.47. The van der Waals surface area contributed by atoms with Crippen molar-refractivity contribution in [3.63, 3.8) is 0 Å². The van der Waals surface area contributed by atoms with Gasteiger partial charge in [-0.1, -0.05) is 12.8 Å². The highest BCUT2D eigenvalue weighted by atomic mass is 32.2. The number of hydrogen-bond acceptors (Lipinski definition) is 3. The summed E-state index contributed by atoms with van der Waals surface area (Å²) in [6.07, 6.45) is 12.2. The van der Waals surface area contributed by atoms with Gasteiger partial charge in [-0.2, -0.15) is 0 Å². The molecule has 0 aromatic rings. The van der Waals surface area contributed by atoms with Crippen LogP contribution in [-0.2, 0) is 10.0 Å². The van der Waals surface area contributed by atoms with Gasteiger partial charge in [0.15, 0.2) is 0 Å². The molecule has 4 nitrogen and oxygen atoms in total. The standard InChI is InChI=1S/C16H30N2O2S/c1-21(19,20)18-9-3-4-13(12-18)10-16(17)8-2-5-15(11-16)14-6-7-14/h13-15H,2-12,17H2,1H3. The number of nitrogens with two attached hydrogens (primary N) is 1. The maximum atomic E-state index is 11.7. The van der Waals surface area contributed by atoms with Crippen molar-refractivity contribution in [1.29, 1.82) is 0 Å². The third kappa shape index (κ3) is 3.99. The molecule has 21 heavy (non-hydrogen) atoms. The predicted molar refractivity (Wildman–Crippen MR) is 85.4 cm³/mol. The SMILES string of the molecule is CS(=O)(=O)N1CCCC(CC2(N)CCCC(C3CC3)C2)C1. The average Bonchev–Trinajstić information content (AvgIpc) is 3.21. The van der Waals surface area contributed by atoms with Gasteiger partial charge in [0, 0.05) is 18.6 Å². The molecule has 2 N–H and O–H groups in total. The fourth-order valence-corrected chi connectivity index (χ4v) is 5.61. The Hall–Kier alpha value is -0.130. The molecule has 3 unspecified atom stereocenters. The summed E-state index contributed by atoms with van der Waals surface area (Å²) in [5, 5.41) is 0. The van der Waals surface area contributed by atoms with Gasteiger partial charge in [-0.3, -0.25) is 0 Å². The van der Waals surface area contributed by atoms with E-state index in [0.29, 0.717) is 19.0 Å². The van der Waals surface area contributed by atoms with E-state index in [1.54, 1.807) is 4.31 Å². The Morgan fingerprint density at radius 2 is 1.90 bits per heavy atom. The van der Waals surface area contributed by atoms with Crippen LogP contribution >= 0.6 is 0 Å². The van der Waals surface area contributed by atoms with Crippen LogP contribution in [0.2, 0.25) is 0 Å². The molecule has 0 amide bonds. The number of nitrogens with zero attached hydrogens (tertiary/aromatic N) is 1. The van der Waals surface area contributed by atoms with Gasteiger partial charge in [-0.25, -0.2) is 12.7 Å². The number of rotatable bonds is 4. The first-order valence-corrected chi connectivity index (χ1v) is 10.4. The van der Waals surface area contributed by atoms with Gasteiger partial charge in [0.2, 0.25) is 10.0 Å². The summed E-state index contributed by atoms with van der Waals surface area (Å²) in [5.74, 6) is 2.25. The summed E-state index contributed by atoms with van der Waals surface area (Å²) in [7, 11) is -3.04. The van der Waals surface area contributed by atoms with E-state index in [9.17, 15) is 8.42 Å². The van der Waals surface area contributed by atoms with Crippen LogP contribution in [-0.4, -0.2) is 37.6 Å². The first-order valence-electron chi connectivity index (χ1n) is 8.60. The summed E-state index contributed by atoms with van der Waals surface area (Å²) in [6.45, 7) is 1.38. The second kappa shape index (κ2) is 5.82. The van der Waals surface area contributed by atoms with Gasteiger partial charge >= 0.3 is 0 Å². The molecule has 2 aliphatic carbocycles. The molecule has 0 bridgehead atoms. The monoisotopic (exact) mass is 314 g/mol. The van der Waals surface area contributed by atoms with Crippen molar-refractivity contribution in [2.24, 2.45) is 23.5 Å².